The summed E-state index contributed by atoms with van der Waals surface area (Å²) < 4.78 is 2.71. The number of amides is 1. The predicted octanol–water partition coefficient (Wildman–Crippen LogP) is 6.11. The molecule has 218 valence electrons. The molecule has 0 atom stereocenters. The maximum absolute atomic E-state index is 13.4. The van der Waals surface area contributed by atoms with E-state index in [0.717, 1.165) is 15.9 Å². The number of benzene rings is 4. The van der Waals surface area contributed by atoms with Gasteiger partial charge in [-0.3, -0.25) is 9.59 Å². The zero-order valence-electron chi connectivity index (χ0n) is 23.7. The number of halogens is 1. The third-order valence-electron chi connectivity index (χ3n) is 6.94. The molecule has 0 aliphatic rings. The minimum absolute atomic E-state index is 0.104. The molecular formula is C35H24ClN7O2. The number of hydrogen-bond acceptors (Lipinski definition) is 6. The Hall–Kier alpha value is -6.11. The molecule has 0 unspecified atom stereocenters. The van der Waals surface area contributed by atoms with E-state index < -0.39 is 18.0 Å². The van der Waals surface area contributed by atoms with Gasteiger partial charge in [-0.2, -0.15) is 20.6 Å². The Balaban J connectivity index is 1.30. The van der Waals surface area contributed by atoms with Crippen LogP contribution in [0.15, 0.2) is 131 Å². The summed E-state index contributed by atoms with van der Waals surface area (Å²) in [5, 5.41) is 24.1. The second-order valence-corrected chi connectivity index (χ2v) is 10.4. The average Bonchev–Trinajstić information content (AvgIpc) is 3.51. The van der Waals surface area contributed by atoms with Gasteiger partial charge in [0.05, 0.1) is 11.9 Å². The molecule has 10 heteroatoms. The largest absolute Gasteiger partial charge is 0.285 e. The van der Waals surface area contributed by atoms with Crippen molar-refractivity contribution >= 4 is 23.7 Å². The molecule has 0 aliphatic heterocycles. The molecule has 0 saturated carbocycles. The van der Waals surface area contributed by atoms with E-state index in [2.05, 4.69) is 15.6 Å². The zero-order chi connectivity index (χ0) is 31.2. The van der Waals surface area contributed by atoms with Crippen LogP contribution in [0.1, 0.15) is 11.1 Å². The van der Waals surface area contributed by atoms with Crippen LogP contribution < -0.4 is 11.0 Å². The Bertz CT molecular complexity index is 2100. The molecule has 0 bridgehead atoms. The van der Waals surface area contributed by atoms with Gasteiger partial charge in [-0.1, -0.05) is 103 Å². The first-order chi connectivity index (χ1) is 22.0. The summed E-state index contributed by atoms with van der Waals surface area (Å²) in [5.41, 5.74) is 6.83. The monoisotopic (exact) mass is 609 g/mol. The molecule has 9 nitrogen and oxygen atoms in total. The molecule has 0 spiro atoms. The van der Waals surface area contributed by atoms with E-state index in [-0.39, 0.29) is 5.56 Å². The summed E-state index contributed by atoms with van der Waals surface area (Å²) >= 11 is 6.09. The minimum atomic E-state index is -0.677. The highest BCUT2D eigenvalue weighted by Crippen LogP contribution is 2.31. The number of para-hydroxylation sites is 1. The Morgan fingerprint density at radius 1 is 0.822 bits per heavy atom. The van der Waals surface area contributed by atoms with Gasteiger partial charge < -0.3 is 0 Å². The minimum Gasteiger partial charge on any atom is -0.271 e. The summed E-state index contributed by atoms with van der Waals surface area (Å²) in [6.07, 6.45) is 3.29. The van der Waals surface area contributed by atoms with Crippen LogP contribution in [0.25, 0.3) is 39.3 Å². The van der Waals surface area contributed by atoms with Gasteiger partial charge in [0, 0.05) is 33.5 Å². The van der Waals surface area contributed by atoms with Gasteiger partial charge in [0.1, 0.15) is 29.6 Å². The van der Waals surface area contributed by atoms with Crippen molar-refractivity contribution in [2.45, 2.75) is 6.54 Å². The van der Waals surface area contributed by atoms with E-state index in [9.17, 15) is 14.9 Å². The van der Waals surface area contributed by atoms with Crippen LogP contribution in [0.4, 0.5) is 0 Å². The quantitative estimate of drug-likeness (QED) is 0.165. The molecule has 6 aromatic rings. The highest BCUT2D eigenvalue weighted by Gasteiger charge is 2.21. The fraction of sp³-hybridized carbons (Fsp3) is 0.0286. The highest BCUT2D eigenvalue weighted by atomic mass is 35.5. The number of hydrazone groups is 1. The van der Waals surface area contributed by atoms with Crippen molar-refractivity contribution in [3.63, 3.8) is 0 Å². The summed E-state index contributed by atoms with van der Waals surface area (Å²) in [7, 11) is 0. The number of carbonyl (C=O) groups is 1. The first-order valence-corrected chi connectivity index (χ1v) is 14.3. The molecular weight excluding hydrogens is 586 g/mol. The topological polar surface area (TPSA) is 118 Å². The number of nitriles is 1. The smallest absolute Gasteiger partial charge is 0.271 e. The van der Waals surface area contributed by atoms with Crippen LogP contribution in [0.2, 0.25) is 5.02 Å². The molecule has 1 N–H and O–H groups in total. The molecule has 0 aliphatic carbocycles. The number of aromatic nitrogens is 4. The van der Waals surface area contributed by atoms with Gasteiger partial charge in [0.25, 0.3) is 11.5 Å². The van der Waals surface area contributed by atoms with E-state index in [1.54, 1.807) is 23.0 Å². The fourth-order valence-electron chi connectivity index (χ4n) is 4.84. The van der Waals surface area contributed by atoms with Crippen molar-refractivity contribution in [1.82, 2.24) is 25.0 Å². The molecule has 0 saturated heterocycles. The van der Waals surface area contributed by atoms with Crippen LogP contribution in [0.5, 0.6) is 0 Å². The maximum atomic E-state index is 13.4. The van der Waals surface area contributed by atoms with Crippen LogP contribution in [-0.4, -0.2) is 31.7 Å². The SMILES string of the molecule is N#Cc1c(-c2ccccc2)c(-c2ccccc2)nn(CC(=O)N/N=C\c2cn(-c3ccccc3)nc2-c2ccc(Cl)cc2)c1=O. The molecule has 0 radical (unpaired) electrons. The standard InChI is InChI=1S/C35H24ClN7O2/c36-28-18-16-26(17-19-28)33-27(22-42(40-33)29-14-8-3-9-15-29)21-38-39-31(44)23-43-35(45)30(20-37)32(24-10-4-1-5-11-24)34(41-43)25-12-6-2-7-13-25/h1-19,21-22H,23H2,(H,39,44)/b38-21-. The highest BCUT2D eigenvalue weighted by molar-refractivity contribution is 6.30. The first kappa shape index (κ1) is 29.0. The fourth-order valence-corrected chi connectivity index (χ4v) is 4.96. The van der Waals surface area contributed by atoms with Crippen molar-refractivity contribution in [1.29, 1.82) is 5.26 Å². The Kier molecular flexibility index (Phi) is 8.40. The summed E-state index contributed by atoms with van der Waals surface area (Å²) in [5.74, 6) is -0.597. The number of carbonyl (C=O) groups excluding carboxylic acids is 1. The number of nitrogens with zero attached hydrogens (tertiary/aromatic N) is 6. The summed E-state index contributed by atoms with van der Waals surface area (Å²) in [4.78, 5) is 26.4. The molecule has 45 heavy (non-hydrogen) atoms. The average molecular weight is 610 g/mol. The lowest BCUT2D eigenvalue weighted by molar-refractivity contribution is -0.121. The third-order valence-corrected chi connectivity index (χ3v) is 7.20. The van der Waals surface area contributed by atoms with Crippen LogP contribution in [0, 0.1) is 11.3 Å². The van der Waals surface area contributed by atoms with Crippen molar-refractivity contribution < 1.29 is 4.79 Å². The normalized spacial score (nSPS) is 10.9. The maximum Gasteiger partial charge on any atom is 0.285 e. The van der Waals surface area contributed by atoms with Crippen molar-refractivity contribution in [3.05, 3.63) is 148 Å². The lowest BCUT2D eigenvalue weighted by atomic mass is 9.96. The van der Waals surface area contributed by atoms with E-state index in [1.807, 2.05) is 109 Å². The van der Waals surface area contributed by atoms with Gasteiger partial charge in [-0.15, -0.1) is 0 Å². The molecule has 6 rings (SSSR count). The summed E-state index contributed by atoms with van der Waals surface area (Å²) in [6.45, 7) is -0.451. The zero-order valence-corrected chi connectivity index (χ0v) is 24.5. The number of rotatable bonds is 8. The van der Waals surface area contributed by atoms with Crippen LogP contribution in [-0.2, 0) is 11.3 Å². The molecule has 2 aromatic heterocycles. The Morgan fingerprint density at radius 2 is 1.42 bits per heavy atom. The molecule has 4 aromatic carbocycles. The van der Waals surface area contributed by atoms with Crippen molar-refractivity contribution in [2.24, 2.45) is 5.10 Å². The van der Waals surface area contributed by atoms with Gasteiger partial charge in [0.15, 0.2) is 0 Å². The molecule has 2 heterocycles. The Labute approximate surface area is 263 Å². The van der Waals surface area contributed by atoms with Gasteiger partial charge in [0.2, 0.25) is 0 Å². The van der Waals surface area contributed by atoms with Crippen LogP contribution in [0.3, 0.4) is 0 Å². The molecule has 0 fully saturated rings. The van der Waals surface area contributed by atoms with Gasteiger partial charge in [-0.25, -0.2) is 14.8 Å². The lowest BCUT2D eigenvalue weighted by Crippen LogP contribution is -2.33. The second kappa shape index (κ2) is 13.0. The first-order valence-electron chi connectivity index (χ1n) is 13.9. The van der Waals surface area contributed by atoms with Gasteiger partial charge >= 0.3 is 0 Å². The summed E-state index contributed by atoms with van der Waals surface area (Å²) in [6, 6.07) is 37.2. The molecule has 1 amide bonds. The lowest BCUT2D eigenvalue weighted by Gasteiger charge is -2.14. The third kappa shape index (κ3) is 6.32. The van der Waals surface area contributed by atoms with E-state index in [0.29, 0.717) is 38.7 Å². The predicted molar refractivity (Wildman–Crippen MR) is 174 cm³/mol. The van der Waals surface area contributed by atoms with Gasteiger partial charge in [-0.05, 0) is 29.8 Å². The number of nitrogens with one attached hydrogen (secondary N) is 1. The van der Waals surface area contributed by atoms with Crippen LogP contribution >= 0.6 is 11.6 Å². The Morgan fingerprint density at radius 3 is 2.07 bits per heavy atom. The van der Waals surface area contributed by atoms with E-state index >= 15 is 0 Å². The van der Waals surface area contributed by atoms with E-state index in [4.69, 9.17) is 16.7 Å². The van der Waals surface area contributed by atoms with Crippen molar-refractivity contribution in [2.75, 3.05) is 0 Å². The van der Waals surface area contributed by atoms with E-state index in [1.165, 1.54) is 6.21 Å². The second-order valence-electron chi connectivity index (χ2n) is 9.92. The van der Waals surface area contributed by atoms with Crippen molar-refractivity contribution in [3.8, 4) is 45.4 Å². The number of hydrogen-bond donors (Lipinski definition) is 1.